The molecule has 0 spiro atoms. The van der Waals surface area contributed by atoms with Crippen molar-refractivity contribution in [1.82, 2.24) is 0 Å². The smallest absolute Gasteiger partial charge is 0.387 e. The SMILES string of the molecule is Cc1ccc(C(=O)O)c(C#N)c1OC(F)F. The minimum Gasteiger partial charge on any atom is -0.478 e. The molecule has 0 heterocycles. The first-order valence-electron chi connectivity index (χ1n) is 4.19. The molecule has 0 unspecified atom stereocenters. The topological polar surface area (TPSA) is 70.3 Å². The number of carboxylic acids is 1. The molecule has 0 aliphatic rings. The van der Waals surface area contributed by atoms with Gasteiger partial charge in [-0.3, -0.25) is 0 Å². The van der Waals surface area contributed by atoms with Crippen LogP contribution < -0.4 is 4.74 Å². The van der Waals surface area contributed by atoms with Crippen LogP contribution in [0.4, 0.5) is 8.78 Å². The van der Waals surface area contributed by atoms with Crippen molar-refractivity contribution in [2.45, 2.75) is 13.5 Å². The summed E-state index contributed by atoms with van der Waals surface area (Å²) in [5.74, 6) is -1.76. The molecule has 0 saturated carbocycles. The zero-order valence-corrected chi connectivity index (χ0v) is 8.20. The number of alkyl halides is 2. The maximum atomic E-state index is 12.1. The Morgan fingerprint density at radius 3 is 2.62 bits per heavy atom. The largest absolute Gasteiger partial charge is 0.478 e. The van der Waals surface area contributed by atoms with E-state index < -0.39 is 23.9 Å². The van der Waals surface area contributed by atoms with Crippen molar-refractivity contribution in [1.29, 1.82) is 5.26 Å². The highest BCUT2D eigenvalue weighted by atomic mass is 19.3. The number of hydrogen-bond donors (Lipinski definition) is 1. The number of hydrogen-bond acceptors (Lipinski definition) is 3. The minimum atomic E-state index is -3.10. The van der Waals surface area contributed by atoms with Crippen molar-refractivity contribution in [3.05, 3.63) is 28.8 Å². The second-order valence-corrected chi connectivity index (χ2v) is 2.93. The van der Waals surface area contributed by atoms with Gasteiger partial charge >= 0.3 is 12.6 Å². The Kier molecular flexibility index (Phi) is 3.40. The third-order valence-corrected chi connectivity index (χ3v) is 1.90. The summed E-state index contributed by atoms with van der Waals surface area (Å²) in [6.45, 7) is -1.65. The van der Waals surface area contributed by atoms with E-state index in [2.05, 4.69) is 4.74 Å². The van der Waals surface area contributed by atoms with E-state index in [0.29, 0.717) is 0 Å². The molecule has 0 atom stereocenters. The lowest BCUT2D eigenvalue weighted by Crippen LogP contribution is -2.09. The van der Waals surface area contributed by atoms with Gasteiger partial charge in [0.25, 0.3) is 0 Å². The molecule has 0 amide bonds. The molecule has 0 saturated heterocycles. The molecule has 0 bridgehead atoms. The van der Waals surface area contributed by atoms with Crippen LogP contribution in [-0.4, -0.2) is 17.7 Å². The van der Waals surface area contributed by atoms with Crippen molar-refractivity contribution < 1.29 is 23.4 Å². The Balaban J connectivity index is 3.40. The summed E-state index contributed by atoms with van der Waals surface area (Å²) in [5, 5.41) is 17.5. The molecule has 0 radical (unpaired) electrons. The van der Waals surface area contributed by atoms with E-state index in [-0.39, 0.29) is 11.1 Å². The summed E-state index contributed by atoms with van der Waals surface area (Å²) in [6, 6.07) is 4.04. The van der Waals surface area contributed by atoms with Crippen molar-refractivity contribution in [3.8, 4) is 11.8 Å². The first-order chi connectivity index (χ1) is 7.47. The van der Waals surface area contributed by atoms with E-state index in [1.54, 1.807) is 6.07 Å². The zero-order chi connectivity index (χ0) is 12.3. The number of aryl methyl sites for hydroxylation is 1. The van der Waals surface area contributed by atoms with Gasteiger partial charge in [-0.25, -0.2) is 4.79 Å². The van der Waals surface area contributed by atoms with Crippen LogP contribution in [0.1, 0.15) is 21.5 Å². The number of ether oxygens (including phenoxy) is 1. The molecular formula is C10H7F2NO3. The van der Waals surface area contributed by atoms with E-state index in [1.165, 1.54) is 19.1 Å². The Bertz CT molecular complexity index is 466. The van der Waals surface area contributed by atoms with E-state index in [0.717, 1.165) is 0 Å². The molecule has 1 aromatic carbocycles. The lowest BCUT2D eigenvalue weighted by atomic mass is 10.0. The van der Waals surface area contributed by atoms with Gasteiger partial charge in [-0.1, -0.05) is 6.07 Å². The average molecular weight is 227 g/mol. The van der Waals surface area contributed by atoms with Gasteiger partial charge in [0.2, 0.25) is 0 Å². The lowest BCUT2D eigenvalue weighted by molar-refractivity contribution is -0.0505. The summed E-state index contributed by atoms with van der Waals surface area (Å²) in [5.41, 5.74) is -0.474. The Morgan fingerprint density at radius 1 is 1.56 bits per heavy atom. The molecule has 16 heavy (non-hydrogen) atoms. The van der Waals surface area contributed by atoms with Crippen LogP contribution in [0.25, 0.3) is 0 Å². The molecule has 0 fully saturated rings. The summed E-state index contributed by atoms with van der Waals surface area (Å²) in [7, 11) is 0. The fourth-order valence-electron chi connectivity index (χ4n) is 1.22. The first kappa shape index (κ1) is 11.9. The predicted molar refractivity (Wildman–Crippen MR) is 49.5 cm³/mol. The molecule has 1 N–H and O–H groups in total. The van der Waals surface area contributed by atoms with Crippen LogP contribution in [0.15, 0.2) is 12.1 Å². The van der Waals surface area contributed by atoms with Crippen molar-refractivity contribution >= 4 is 5.97 Å². The van der Waals surface area contributed by atoms with Gasteiger partial charge in [0, 0.05) is 0 Å². The minimum absolute atomic E-state index is 0.279. The van der Waals surface area contributed by atoms with Gasteiger partial charge in [-0.05, 0) is 18.6 Å². The third kappa shape index (κ3) is 2.25. The third-order valence-electron chi connectivity index (χ3n) is 1.90. The van der Waals surface area contributed by atoms with E-state index in [9.17, 15) is 13.6 Å². The number of aromatic carboxylic acids is 1. The number of benzene rings is 1. The lowest BCUT2D eigenvalue weighted by Gasteiger charge is -2.11. The summed E-state index contributed by atoms with van der Waals surface area (Å²) >= 11 is 0. The second kappa shape index (κ2) is 4.57. The predicted octanol–water partition coefficient (Wildman–Crippen LogP) is 2.17. The van der Waals surface area contributed by atoms with Gasteiger partial charge < -0.3 is 9.84 Å². The Morgan fingerprint density at radius 2 is 2.19 bits per heavy atom. The zero-order valence-electron chi connectivity index (χ0n) is 8.20. The number of nitriles is 1. The standard InChI is InChI=1S/C10H7F2NO3/c1-5-2-3-6(9(14)15)7(4-13)8(5)16-10(11)12/h2-3,10H,1H3,(H,14,15). The number of carbonyl (C=O) groups is 1. The number of halogens is 2. The van der Waals surface area contributed by atoms with Gasteiger partial charge in [0.05, 0.1) is 5.56 Å². The fourth-order valence-corrected chi connectivity index (χ4v) is 1.22. The molecular weight excluding hydrogens is 220 g/mol. The summed E-state index contributed by atoms with van der Waals surface area (Å²) in [4.78, 5) is 10.7. The van der Waals surface area contributed by atoms with Crippen LogP contribution in [0, 0.1) is 18.3 Å². The monoisotopic (exact) mass is 227 g/mol. The highest BCUT2D eigenvalue weighted by Crippen LogP contribution is 2.27. The van der Waals surface area contributed by atoms with Crippen LogP contribution in [0.3, 0.4) is 0 Å². The molecule has 1 rings (SSSR count). The number of carboxylic acid groups (broad SMARTS) is 1. The summed E-state index contributed by atoms with van der Waals surface area (Å²) < 4.78 is 28.3. The molecule has 0 aliphatic carbocycles. The Labute approximate surface area is 89.7 Å². The molecule has 6 heteroatoms. The van der Waals surface area contributed by atoms with Gasteiger partial charge in [0.1, 0.15) is 17.4 Å². The van der Waals surface area contributed by atoms with Crippen LogP contribution in [0.2, 0.25) is 0 Å². The van der Waals surface area contributed by atoms with Crippen molar-refractivity contribution in [2.24, 2.45) is 0 Å². The van der Waals surface area contributed by atoms with Crippen molar-refractivity contribution in [3.63, 3.8) is 0 Å². The summed E-state index contributed by atoms with van der Waals surface area (Å²) in [6.07, 6.45) is 0. The molecule has 84 valence electrons. The van der Waals surface area contributed by atoms with Crippen molar-refractivity contribution in [2.75, 3.05) is 0 Å². The second-order valence-electron chi connectivity index (χ2n) is 2.93. The van der Waals surface area contributed by atoms with Crippen LogP contribution in [0.5, 0.6) is 5.75 Å². The Hall–Kier alpha value is -2.16. The van der Waals surface area contributed by atoms with E-state index in [1.807, 2.05) is 0 Å². The number of rotatable bonds is 3. The highest BCUT2D eigenvalue weighted by Gasteiger charge is 2.19. The highest BCUT2D eigenvalue weighted by molar-refractivity contribution is 5.91. The van der Waals surface area contributed by atoms with Gasteiger partial charge in [-0.15, -0.1) is 0 Å². The maximum absolute atomic E-state index is 12.1. The first-order valence-corrected chi connectivity index (χ1v) is 4.19. The quantitative estimate of drug-likeness (QED) is 0.858. The van der Waals surface area contributed by atoms with Crippen LogP contribution in [-0.2, 0) is 0 Å². The molecule has 1 aromatic rings. The maximum Gasteiger partial charge on any atom is 0.387 e. The van der Waals surface area contributed by atoms with Gasteiger partial charge in [-0.2, -0.15) is 14.0 Å². The molecule has 0 aromatic heterocycles. The number of nitrogens with zero attached hydrogens (tertiary/aromatic N) is 1. The van der Waals surface area contributed by atoms with E-state index in [4.69, 9.17) is 10.4 Å². The fraction of sp³-hybridized carbons (Fsp3) is 0.200. The van der Waals surface area contributed by atoms with Crippen LogP contribution >= 0.6 is 0 Å². The molecule has 4 nitrogen and oxygen atoms in total. The average Bonchev–Trinajstić information content (AvgIpc) is 2.19. The molecule has 0 aliphatic heterocycles. The normalized spacial score (nSPS) is 9.94. The van der Waals surface area contributed by atoms with Gasteiger partial charge in [0.15, 0.2) is 0 Å². The van der Waals surface area contributed by atoms with E-state index >= 15 is 0 Å².